The minimum atomic E-state index is -0.918. The smallest absolute Gasteiger partial charge is 0.251 e. The molecule has 0 spiro atoms. The fourth-order valence-electron chi connectivity index (χ4n) is 1.96. The predicted molar refractivity (Wildman–Crippen MR) is 71.6 cm³/mol. The van der Waals surface area contributed by atoms with Crippen molar-refractivity contribution in [2.75, 3.05) is 19.8 Å². The van der Waals surface area contributed by atoms with Crippen molar-refractivity contribution in [2.45, 2.75) is 18.9 Å². The summed E-state index contributed by atoms with van der Waals surface area (Å²) < 4.78 is 6.07. The molecule has 0 aliphatic carbocycles. The number of nitrogens with one attached hydrogen (secondary N) is 1. The molecule has 1 unspecified atom stereocenters. The van der Waals surface area contributed by atoms with Crippen molar-refractivity contribution in [3.8, 4) is 0 Å². The largest absolute Gasteiger partial charge is 0.386 e. The highest BCUT2D eigenvalue weighted by atomic mass is 79.9. The lowest BCUT2D eigenvalue weighted by atomic mass is 10.0. The summed E-state index contributed by atoms with van der Waals surface area (Å²) in [6.45, 7) is 2.94. The predicted octanol–water partition coefficient (Wildman–Crippen LogP) is 1.64. The summed E-state index contributed by atoms with van der Waals surface area (Å²) in [6, 6.07) is 5.49. The number of hydrogen-bond donors (Lipinski definition) is 2. The molecule has 1 fully saturated rings. The number of carbonyl (C=O) groups excluding carboxylic acids is 1. The van der Waals surface area contributed by atoms with Crippen molar-refractivity contribution in [3.63, 3.8) is 0 Å². The molecular formula is C13H16BrNO3. The van der Waals surface area contributed by atoms with Gasteiger partial charge in [0.1, 0.15) is 5.60 Å². The molecule has 1 atom stereocenters. The SMILES string of the molecule is Cc1cc(Br)ccc1C(=O)NCC1(O)CCOC1. The zero-order valence-corrected chi connectivity index (χ0v) is 11.8. The van der Waals surface area contributed by atoms with Gasteiger partial charge in [0.15, 0.2) is 0 Å². The van der Waals surface area contributed by atoms with Crippen LogP contribution in [0.25, 0.3) is 0 Å². The van der Waals surface area contributed by atoms with Gasteiger partial charge in [0.05, 0.1) is 6.61 Å². The molecule has 1 heterocycles. The van der Waals surface area contributed by atoms with Crippen LogP contribution in [0.3, 0.4) is 0 Å². The summed E-state index contributed by atoms with van der Waals surface area (Å²) in [7, 11) is 0. The van der Waals surface area contributed by atoms with E-state index in [1.54, 1.807) is 6.07 Å². The van der Waals surface area contributed by atoms with E-state index >= 15 is 0 Å². The third-order valence-electron chi connectivity index (χ3n) is 3.09. The monoisotopic (exact) mass is 313 g/mol. The van der Waals surface area contributed by atoms with Gasteiger partial charge in [0.2, 0.25) is 0 Å². The number of halogens is 1. The van der Waals surface area contributed by atoms with Gasteiger partial charge in [0, 0.05) is 29.6 Å². The van der Waals surface area contributed by atoms with Gasteiger partial charge in [-0.05, 0) is 30.7 Å². The molecule has 0 aromatic heterocycles. The van der Waals surface area contributed by atoms with Crippen molar-refractivity contribution in [2.24, 2.45) is 0 Å². The Morgan fingerprint density at radius 2 is 2.39 bits per heavy atom. The molecule has 2 N–H and O–H groups in total. The van der Waals surface area contributed by atoms with E-state index in [2.05, 4.69) is 21.2 Å². The topological polar surface area (TPSA) is 58.6 Å². The van der Waals surface area contributed by atoms with E-state index in [0.717, 1.165) is 10.0 Å². The first-order valence-corrected chi connectivity index (χ1v) is 6.64. The lowest BCUT2D eigenvalue weighted by molar-refractivity contribution is 0.0264. The number of carbonyl (C=O) groups is 1. The Bertz CT molecular complexity index is 456. The molecule has 1 amide bonds. The molecule has 18 heavy (non-hydrogen) atoms. The lowest BCUT2D eigenvalue weighted by Crippen LogP contribution is -2.43. The van der Waals surface area contributed by atoms with E-state index in [4.69, 9.17) is 4.74 Å². The fraction of sp³-hybridized carbons (Fsp3) is 0.462. The normalized spacial score (nSPS) is 23.1. The van der Waals surface area contributed by atoms with Crippen LogP contribution in [0.15, 0.2) is 22.7 Å². The van der Waals surface area contributed by atoms with Crippen LogP contribution in [0, 0.1) is 6.92 Å². The molecule has 4 nitrogen and oxygen atoms in total. The van der Waals surface area contributed by atoms with Crippen LogP contribution in [0.2, 0.25) is 0 Å². The number of ether oxygens (including phenoxy) is 1. The van der Waals surface area contributed by atoms with Gasteiger partial charge >= 0.3 is 0 Å². The average molecular weight is 314 g/mol. The van der Waals surface area contributed by atoms with Gasteiger partial charge in [-0.3, -0.25) is 4.79 Å². The summed E-state index contributed by atoms with van der Waals surface area (Å²) in [5.74, 6) is -0.166. The van der Waals surface area contributed by atoms with Crippen molar-refractivity contribution in [1.29, 1.82) is 0 Å². The van der Waals surface area contributed by atoms with Crippen LogP contribution in [-0.2, 0) is 4.74 Å². The summed E-state index contributed by atoms with van der Waals surface area (Å²) in [4.78, 5) is 12.0. The van der Waals surface area contributed by atoms with Crippen LogP contribution in [0.5, 0.6) is 0 Å². The maximum atomic E-state index is 12.0. The molecule has 1 aromatic rings. The molecule has 5 heteroatoms. The van der Waals surface area contributed by atoms with Crippen molar-refractivity contribution >= 4 is 21.8 Å². The minimum absolute atomic E-state index is 0.166. The first kappa shape index (κ1) is 13.5. The highest BCUT2D eigenvalue weighted by Crippen LogP contribution is 2.18. The van der Waals surface area contributed by atoms with Crippen LogP contribution in [0.1, 0.15) is 22.3 Å². The molecule has 0 saturated carbocycles. The van der Waals surface area contributed by atoms with E-state index in [9.17, 15) is 9.90 Å². The van der Waals surface area contributed by atoms with Gasteiger partial charge in [-0.15, -0.1) is 0 Å². The van der Waals surface area contributed by atoms with Crippen molar-refractivity contribution in [3.05, 3.63) is 33.8 Å². The standard InChI is InChI=1S/C13H16BrNO3/c1-9-6-10(14)2-3-11(9)12(16)15-7-13(17)4-5-18-8-13/h2-3,6,17H,4-5,7-8H2,1H3,(H,15,16). The number of benzene rings is 1. The van der Waals surface area contributed by atoms with Crippen LogP contribution in [0.4, 0.5) is 0 Å². The first-order chi connectivity index (χ1) is 8.50. The van der Waals surface area contributed by atoms with E-state index in [0.29, 0.717) is 18.6 Å². The number of rotatable bonds is 3. The third-order valence-corrected chi connectivity index (χ3v) is 3.59. The van der Waals surface area contributed by atoms with Crippen molar-refractivity contribution in [1.82, 2.24) is 5.32 Å². The second-order valence-electron chi connectivity index (χ2n) is 4.67. The molecule has 0 radical (unpaired) electrons. The van der Waals surface area contributed by atoms with E-state index < -0.39 is 5.60 Å². The van der Waals surface area contributed by atoms with Gasteiger partial charge in [-0.25, -0.2) is 0 Å². The first-order valence-electron chi connectivity index (χ1n) is 5.85. The van der Waals surface area contributed by atoms with E-state index in [1.165, 1.54) is 0 Å². The molecule has 1 aromatic carbocycles. The number of hydrogen-bond acceptors (Lipinski definition) is 3. The summed E-state index contributed by atoms with van der Waals surface area (Å²) in [5, 5.41) is 12.8. The van der Waals surface area contributed by atoms with Gasteiger partial charge in [0.25, 0.3) is 5.91 Å². The maximum absolute atomic E-state index is 12.0. The molecule has 1 aliphatic rings. The second kappa shape index (κ2) is 5.38. The second-order valence-corrected chi connectivity index (χ2v) is 5.58. The third kappa shape index (κ3) is 3.10. The molecule has 1 saturated heterocycles. The molecule has 2 rings (SSSR count). The van der Waals surface area contributed by atoms with E-state index in [-0.39, 0.29) is 19.1 Å². The van der Waals surface area contributed by atoms with Crippen molar-refractivity contribution < 1.29 is 14.6 Å². The number of aryl methyl sites for hydroxylation is 1. The van der Waals surface area contributed by atoms with Crippen LogP contribution >= 0.6 is 15.9 Å². The quantitative estimate of drug-likeness (QED) is 0.892. The van der Waals surface area contributed by atoms with Crippen LogP contribution < -0.4 is 5.32 Å². The van der Waals surface area contributed by atoms with Crippen LogP contribution in [-0.4, -0.2) is 36.4 Å². The Labute approximate surface area is 114 Å². The Kier molecular flexibility index (Phi) is 4.04. The highest BCUT2D eigenvalue weighted by Gasteiger charge is 2.32. The molecule has 1 aliphatic heterocycles. The van der Waals surface area contributed by atoms with Gasteiger partial charge < -0.3 is 15.2 Å². The van der Waals surface area contributed by atoms with E-state index in [1.807, 2.05) is 19.1 Å². The summed E-state index contributed by atoms with van der Waals surface area (Å²) in [5.41, 5.74) is 0.608. The summed E-state index contributed by atoms with van der Waals surface area (Å²) in [6.07, 6.45) is 0.562. The minimum Gasteiger partial charge on any atom is -0.386 e. The molecule has 98 valence electrons. The number of aliphatic hydroxyl groups is 1. The van der Waals surface area contributed by atoms with Gasteiger partial charge in [-0.1, -0.05) is 15.9 Å². The fourth-order valence-corrected chi connectivity index (χ4v) is 2.43. The lowest BCUT2D eigenvalue weighted by Gasteiger charge is -2.20. The Balaban J connectivity index is 1.99. The van der Waals surface area contributed by atoms with Gasteiger partial charge in [-0.2, -0.15) is 0 Å². The zero-order chi connectivity index (χ0) is 13.2. The molecular weight excluding hydrogens is 298 g/mol. The molecule has 0 bridgehead atoms. The summed E-state index contributed by atoms with van der Waals surface area (Å²) >= 11 is 3.36. The Morgan fingerprint density at radius 1 is 1.61 bits per heavy atom. The Morgan fingerprint density at radius 3 is 3.00 bits per heavy atom. The number of amides is 1. The highest BCUT2D eigenvalue weighted by molar-refractivity contribution is 9.10. The average Bonchev–Trinajstić information content (AvgIpc) is 2.74. The Hall–Kier alpha value is -0.910. The maximum Gasteiger partial charge on any atom is 0.251 e. The zero-order valence-electron chi connectivity index (χ0n) is 10.2.